The van der Waals surface area contributed by atoms with Crippen LogP contribution >= 0.6 is 11.6 Å². The Morgan fingerprint density at radius 2 is 1.88 bits per heavy atom. The highest BCUT2D eigenvalue weighted by Gasteiger charge is 2.32. The third-order valence-electron chi connectivity index (χ3n) is 4.25. The summed E-state index contributed by atoms with van der Waals surface area (Å²) in [6.45, 7) is 0.546. The average Bonchev–Trinajstić information content (AvgIpc) is 3.07. The second-order valence-electron chi connectivity index (χ2n) is 5.68. The van der Waals surface area contributed by atoms with Crippen molar-refractivity contribution in [2.24, 2.45) is 0 Å². The Labute approximate surface area is 143 Å². The summed E-state index contributed by atoms with van der Waals surface area (Å²) in [4.78, 5) is 14.4. The van der Waals surface area contributed by atoms with Crippen LogP contribution < -0.4 is 4.74 Å². The van der Waals surface area contributed by atoms with E-state index in [1.807, 2.05) is 24.3 Å². The molecule has 0 N–H and O–H groups in total. The van der Waals surface area contributed by atoms with Crippen LogP contribution in [0.3, 0.4) is 0 Å². The van der Waals surface area contributed by atoms with E-state index in [-0.39, 0.29) is 16.6 Å². The number of rotatable bonds is 3. The van der Waals surface area contributed by atoms with Crippen molar-refractivity contribution in [2.45, 2.75) is 18.9 Å². The van der Waals surface area contributed by atoms with Crippen molar-refractivity contribution in [3.05, 3.63) is 64.2 Å². The van der Waals surface area contributed by atoms with Crippen LogP contribution in [0.1, 0.15) is 34.8 Å². The normalized spacial score (nSPS) is 17.2. The molecule has 0 spiro atoms. The van der Waals surface area contributed by atoms with E-state index in [9.17, 15) is 13.6 Å². The molecule has 2 aromatic rings. The maximum atomic E-state index is 13.5. The van der Waals surface area contributed by atoms with Crippen LogP contribution in [-0.2, 0) is 0 Å². The van der Waals surface area contributed by atoms with Crippen molar-refractivity contribution in [1.82, 2.24) is 4.90 Å². The number of halogens is 3. The molecule has 1 atom stereocenters. The number of likely N-dealkylation sites (tertiary alicyclic amines) is 1. The number of nitrogens with zero attached hydrogens (tertiary/aromatic N) is 1. The molecule has 1 aliphatic rings. The first kappa shape index (κ1) is 16.7. The minimum atomic E-state index is -1.08. The second-order valence-corrected chi connectivity index (χ2v) is 6.08. The van der Waals surface area contributed by atoms with Crippen molar-refractivity contribution in [2.75, 3.05) is 13.7 Å². The predicted octanol–water partition coefficient (Wildman–Crippen LogP) is 4.60. The van der Waals surface area contributed by atoms with Crippen molar-refractivity contribution in [3.63, 3.8) is 0 Å². The molecule has 0 unspecified atom stereocenters. The highest BCUT2D eigenvalue weighted by atomic mass is 35.5. The number of methoxy groups -OCH3 is 1. The van der Waals surface area contributed by atoms with Crippen LogP contribution in [-0.4, -0.2) is 24.5 Å². The van der Waals surface area contributed by atoms with Crippen molar-refractivity contribution in [3.8, 4) is 5.75 Å². The molecule has 0 aliphatic carbocycles. The van der Waals surface area contributed by atoms with E-state index in [1.165, 1.54) is 0 Å². The van der Waals surface area contributed by atoms with E-state index in [0.29, 0.717) is 6.54 Å². The molecule has 1 aliphatic heterocycles. The van der Waals surface area contributed by atoms with Crippen molar-refractivity contribution in [1.29, 1.82) is 0 Å². The maximum Gasteiger partial charge on any atom is 0.255 e. The molecule has 6 heteroatoms. The van der Waals surface area contributed by atoms with Gasteiger partial charge in [0.2, 0.25) is 0 Å². The van der Waals surface area contributed by atoms with Gasteiger partial charge >= 0.3 is 0 Å². The Balaban J connectivity index is 1.89. The molecule has 24 heavy (non-hydrogen) atoms. The SMILES string of the molecule is COc1ccc([C@@H]2CCCN2C(=O)c2cc(F)c(F)cc2Cl)cc1. The van der Waals surface area contributed by atoms with Gasteiger partial charge in [0.25, 0.3) is 5.91 Å². The lowest BCUT2D eigenvalue weighted by Crippen LogP contribution is -2.31. The van der Waals surface area contributed by atoms with Crippen LogP contribution in [0.5, 0.6) is 5.75 Å². The molecular formula is C18H16ClF2NO2. The molecule has 0 aromatic heterocycles. The van der Waals surface area contributed by atoms with Crippen molar-refractivity contribution >= 4 is 17.5 Å². The molecule has 1 amide bonds. The summed E-state index contributed by atoms with van der Waals surface area (Å²) in [7, 11) is 1.59. The lowest BCUT2D eigenvalue weighted by atomic mass is 10.0. The summed E-state index contributed by atoms with van der Waals surface area (Å²) < 4.78 is 31.8. The summed E-state index contributed by atoms with van der Waals surface area (Å²) in [5, 5.41) is -0.0840. The fraction of sp³-hybridized carbons (Fsp3) is 0.278. The fourth-order valence-corrected chi connectivity index (χ4v) is 3.25. The van der Waals surface area contributed by atoms with Gasteiger partial charge in [-0.15, -0.1) is 0 Å². The van der Waals surface area contributed by atoms with Crippen LogP contribution in [0, 0.1) is 11.6 Å². The molecule has 126 valence electrons. The smallest absolute Gasteiger partial charge is 0.255 e. The Kier molecular flexibility index (Phi) is 4.71. The third-order valence-corrected chi connectivity index (χ3v) is 4.57. The van der Waals surface area contributed by atoms with Gasteiger partial charge in [-0.25, -0.2) is 8.78 Å². The van der Waals surface area contributed by atoms with E-state index in [0.717, 1.165) is 36.3 Å². The summed E-state index contributed by atoms with van der Waals surface area (Å²) in [6, 6.07) is 9.06. The highest BCUT2D eigenvalue weighted by Crippen LogP contribution is 2.35. The number of carbonyl (C=O) groups excluding carboxylic acids is 1. The minimum absolute atomic E-state index is 0.0176. The Bertz CT molecular complexity index is 764. The van der Waals surface area contributed by atoms with Crippen molar-refractivity contribution < 1.29 is 18.3 Å². The van der Waals surface area contributed by atoms with Gasteiger partial charge in [0.05, 0.1) is 23.7 Å². The molecule has 0 bridgehead atoms. The zero-order valence-corrected chi connectivity index (χ0v) is 13.8. The lowest BCUT2D eigenvalue weighted by Gasteiger charge is -2.25. The summed E-state index contributed by atoms with van der Waals surface area (Å²) in [5.41, 5.74) is 0.955. The van der Waals surface area contributed by atoms with Gasteiger partial charge in [0, 0.05) is 6.54 Å². The predicted molar refractivity (Wildman–Crippen MR) is 87.4 cm³/mol. The molecule has 3 nitrogen and oxygen atoms in total. The number of carbonyl (C=O) groups is 1. The first-order valence-corrected chi connectivity index (χ1v) is 7.98. The maximum absolute atomic E-state index is 13.5. The first-order chi connectivity index (χ1) is 11.5. The van der Waals surface area contributed by atoms with Gasteiger partial charge in [-0.05, 0) is 42.7 Å². The van der Waals surface area contributed by atoms with E-state index in [2.05, 4.69) is 0 Å². The fourth-order valence-electron chi connectivity index (χ4n) is 3.02. The molecule has 2 aromatic carbocycles. The summed E-state index contributed by atoms with van der Waals surface area (Å²) in [5.74, 6) is -1.80. The summed E-state index contributed by atoms with van der Waals surface area (Å²) >= 11 is 5.94. The second kappa shape index (κ2) is 6.77. The molecule has 1 heterocycles. The van der Waals surface area contributed by atoms with Crippen LogP contribution in [0.15, 0.2) is 36.4 Å². The van der Waals surface area contributed by atoms with Gasteiger partial charge in [-0.2, -0.15) is 0 Å². The minimum Gasteiger partial charge on any atom is -0.497 e. The van der Waals surface area contributed by atoms with E-state index >= 15 is 0 Å². The lowest BCUT2D eigenvalue weighted by molar-refractivity contribution is 0.0735. The number of hydrogen-bond donors (Lipinski definition) is 0. The molecule has 1 saturated heterocycles. The van der Waals surface area contributed by atoms with Gasteiger partial charge < -0.3 is 9.64 Å². The molecule has 3 rings (SSSR count). The van der Waals surface area contributed by atoms with Gasteiger partial charge in [-0.3, -0.25) is 4.79 Å². The van der Waals surface area contributed by atoms with Gasteiger partial charge in [0.1, 0.15) is 5.75 Å². The van der Waals surface area contributed by atoms with E-state index in [1.54, 1.807) is 12.0 Å². The number of ether oxygens (including phenoxy) is 1. The highest BCUT2D eigenvalue weighted by molar-refractivity contribution is 6.33. The zero-order valence-electron chi connectivity index (χ0n) is 13.1. The monoisotopic (exact) mass is 351 g/mol. The largest absolute Gasteiger partial charge is 0.497 e. The topological polar surface area (TPSA) is 29.5 Å². The molecule has 0 saturated carbocycles. The Hall–Kier alpha value is -2.14. The standard InChI is InChI=1S/C18H16ClF2NO2/c1-24-12-6-4-11(5-7-12)17-3-2-8-22(17)18(23)13-9-15(20)16(21)10-14(13)19/h4-7,9-10,17H,2-3,8H2,1H3/t17-/m0/s1. The van der Waals surface area contributed by atoms with E-state index < -0.39 is 17.5 Å². The number of amides is 1. The van der Waals surface area contributed by atoms with Crippen LogP contribution in [0.4, 0.5) is 8.78 Å². The van der Waals surface area contributed by atoms with Crippen LogP contribution in [0.2, 0.25) is 5.02 Å². The first-order valence-electron chi connectivity index (χ1n) is 7.60. The number of benzene rings is 2. The van der Waals surface area contributed by atoms with Gasteiger partial charge in [0.15, 0.2) is 11.6 Å². The van der Waals surface area contributed by atoms with E-state index in [4.69, 9.17) is 16.3 Å². The molecule has 0 radical (unpaired) electrons. The van der Waals surface area contributed by atoms with Gasteiger partial charge in [-0.1, -0.05) is 23.7 Å². The summed E-state index contributed by atoms with van der Waals surface area (Å²) in [6.07, 6.45) is 1.64. The quantitative estimate of drug-likeness (QED) is 0.756. The molecular weight excluding hydrogens is 336 g/mol. The third kappa shape index (κ3) is 3.08. The molecule has 1 fully saturated rings. The van der Waals surface area contributed by atoms with Crippen LogP contribution in [0.25, 0.3) is 0 Å². The number of hydrogen-bond acceptors (Lipinski definition) is 2. The zero-order chi connectivity index (χ0) is 17.3. The Morgan fingerprint density at radius 1 is 1.21 bits per heavy atom. The Morgan fingerprint density at radius 3 is 2.54 bits per heavy atom. The average molecular weight is 352 g/mol.